The number of aryl methyl sites for hydroxylation is 1. The zero-order chi connectivity index (χ0) is 46.6. The van der Waals surface area contributed by atoms with Gasteiger partial charge in [-0.2, -0.15) is 0 Å². The molecule has 7 aliphatic carbocycles. The van der Waals surface area contributed by atoms with Gasteiger partial charge in [0.05, 0.1) is 5.41 Å². The summed E-state index contributed by atoms with van der Waals surface area (Å²) in [5.74, 6) is 1.23. The molecular weight excluding hydrogens is 841 g/mol. The van der Waals surface area contributed by atoms with E-state index in [9.17, 15) is 0 Å². The second-order valence-electron chi connectivity index (χ2n) is 20.5. The molecule has 0 bridgehead atoms. The number of hydrogen-bond acceptors (Lipinski definition) is 0. The van der Waals surface area contributed by atoms with Crippen LogP contribution in [0.25, 0.3) is 40.0 Å². The predicted octanol–water partition coefficient (Wildman–Crippen LogP) is 15.9. The zero-order valence-corrected chi connectivity index (χ0v) is 40.1. The largest absolute Gasteiger partial charge is 0.0842 e. The normalized spacial score (nSPS) is 21.6. The average Bonchev–Trinajstić information content (AvgIpc) is 3.73. The Morgan fingerprint density at radius 3 is 1.69 bits per heavy atom. The fourth-order valence-corrected chi connectivity index (χ4v) is 13.2. The van der Waals surface area contributed by atoms with Crippen molar-refractivity contribution in [1.29, 1.82) is 0 Å². The Bertz CT molecular complexity index is 3500. The molecule has 6 aromatic rings. The van der Waals surface area contributed by atoms with Gasteiger partial charge in [-0.3, -0.25) is 0 Å². The first-order valence-corrected chi connectivity index (χ1v) is 25.8. The van der Waals surface area contributed by atoms with Gasteiger partial charge in [-0.1, -0.05) is 242 Å². The van der Waals surface area contributed by atoms with E-state index < -0.39 is 0 Å². The van der Waals surface area contributed by atoms with E-state index in [1.807, 2.05) is 0 Å². The summed E-state index contributed by atoms with van der Waals surface area (Å²) in [4.78, 5) is 0. The zero-order valence-electron chi connectivity index (χ0n) is 40.1. The van der Waals surface area contributed by atoms with Crippen molar-refractivity contribution < 1.29 is 0 Å². The Hall–Kier alpha value is -7.54. The summed E-state index contributed by atoms with van der Waals surface area (Å²) in [5.41, 5.74) is 24.8. The summed E-state index contributed by atoms with van der Waals surface area (Å²) in [6.07, 6.45) is 40.9. The third-order valence-electron chi connectivity index (χ3n) is 16.7. The maximum absolute atomic E-state index is 2.49. The molecule has 0 saturated carbocycles. The van der Waals surface area contributed by atoms with Gasteiger partial charge < -0.3 is 0 Å². The smallest absolute Gasteiger partial charge is 0.0676 e. The molecule has 70 heavy (non-hydrogen) atoms. The minimum atomic E-state index is -0.300. The Balaban J connectivity index is 0.797. The van der Waals surface area contributed by atoms with Crippen LogP contribution in [0.1, 0.15) is 89.5 Å². The predicted molar refractivity (Wildman–Crippen MR) is 295 cm³/mol. The summed E-state index contributed by atoms with van der Waals surface area (Å²) < 4.78 is 0. The van der Waals surface area contributed by atoms with Gasteiger partial charge in [-0.15, -0.1) is 0 Å². The third-order valence-corrected chi connectivity index (χ3v) is 16.7. The lowest BCUT2D eigenvalue weighted by molar-refractivity contribution is 0.573. The Morgan fingerprint density at radius 1 is 0.486 bits per heavy atom. The first kappa shape index (κ1) is 42.6. The number of benzene rings is 6. The molecule has 3 unspecified atom stereocenters. The molecule has 0 amide bonds. The molecule has 13 rings (SSSR count). The van der Waals surface area contributed by atoms with Gasteiger partial charge in [0.15, 0.2) is 0 Å². The van der Waals surface area contributed by atoms with Crippen molar-refractivity contribution in [3.8, 4) is 11.1 Å². The van der Waals surface area contributed by atoms with Crippen LogP contribution in [0.2, 0.25) is 0 Å². The lowest BCUT2D eigenvalue weighted by Gasteiger charge is -2.37. The molecule has 0 heteroatoms. The molecule has 0 spiro atoms. The van der Waals surface area contributed by atoms with E-state index >= 15 is 0 Å². The highest BCUT2D eigenvalue weighted by molar-refractivity contribution is 5.87. The maximum Gasteiger partial charge on any atom is 0.0676 e. The Labute approximate surface area is 414 Å². The molecule has 0 heterocycles. The van der Waals surface area contributed by atoms with Crippen LogP contribution in [0.4, 0.5) is 0 Å². The van der Waals surface area contributed by atoms with E-state index in [0.717, 1.165) is 32.1 Å². The highest BCUT2D eigenvalue weighted by Gasteiger charge is 2.47. The lowest BCUT2D eigenvalue weighted by atomic mass is 9.64. The van der Waals surface area contributed by atoms with Crippen molar-refractivity contribution in [3.05, 3.63) is 301 Å². The van der Waals surface area contributed by atoms with Gasteiger partial charge in [0.2, 0.25) is 0 Å². The van der Waals surface area contributed by atoms with E-state index in [0.29, 0.717) is 5.92 Å². The molecule has 0 nitrogen and oxygen atoms in total. The highest BCUT2D eigenvalue weighted by atomic mass is 14.5. The molecule has 6 aromatic carbocycles. The quantitative estimate of drug-likeness (QED) is 0.134. The molecule has 3 atom stereocenters. The summed E-state index contributed by atoms with van der Waals surface area (Å²) >= 11 is 0. The SMILES string of the molecule is Cc1ccc(C2(C3=CC=C(C4=CC=C(C5=c6ccccc6=C(c6ccc(C=Cc7ccc(C8=CC=C9C=CCCC9C8)cc7)cc6)C6C=CC=CC56)CC4)CC3)c3ccccc3-c3ccccc32)cc1. The second kappa shape index (κ2) is 17.8. The monoisotopic (exact) mass is 898 g/mol. The van der Waals surface area contributed by atoms with Crippen LogP contribution in [0.3, 0.4) is 0 Å². The molecular formula is C70H58. The van der Waals surface area contributed by atoms with Crippen molar-refractivity contribution in [2.45, 2.75) is 57.3 Å². The van der Waals surface area contributed by atoms with Gasteiger partial charge in [0.1, 0.15) is 0 Å². The third kappa shape index (κ3) is 7.27. The molecule has 0 aliphatic heterocycles. The van der Waals surface area contributed by atoms with Crippen molar-refractivity contribution in [3.63, 3.8) is 0 Å². The van der Waals surface area contributed by atoms with Crippen LogP contribution < -0.4 is 10.4 Å². The van der Waals surface area contributed by atoms with E-state index in [1.54, 1.807) is 0 Å². The molecule has 7 aliphatic rings. The van der Waals surface area contributed by atoms with Crippen LogP contribution in [0.5, 0.6) is 0 Å². The Morgan fingerprint density at radius 2 is 1.04 bits per heavy atom. The van der Waals surface area contributed by atoms with Crippen LogP contribution in [0.15, 0.2) is 246 Å². The molecule has 0 radical (unpaired) electrons. The number of fused-ring (bicyclic) bond motifs is 6. The standard InChI is InChI=1S/C70H58/c1-47-22-42-58(43-23-47)70(66-20-10-8-14-60(66)61-15-9-11-21-67(61)70)59-44-40-52(41-45-59)51-34-37-55(38-35-51)69-64-18-6-4-16-62(64)68(63-17-5-7-19-65(63)69)54-32-28-49(29-33-54)25-24-48-26-30-53(31-27-48)57-39-36-50-12-2-3-13-56(50)46-57/h2,4-12,14-34,36-37,39-40,42-44,56,62,64H,3,13,35,38,41,45-46H2,1H3. The minimum Gasteiger partial charge on any atom is -0.0842 e. The first-order chi connectivity index (χ1) is 34.6. The van der Waals surface area contributed by atoms with Gasteiger partial charge in [0.25, 0.3) is 0 Å². The van der Waals surface area contributed by atoms with Gasteiger partial charge in [-0.25, -0.2) is 0 Å². The molecule has 0 saturated heterocycles. The van der Waals surface area contributed by atoms with E-state index in [2.05, 4.69) is 238 Å². The minimum absolute atomic E-state index is 0.272. The van der Waals surface area contributed by atoms with E-state index in [-0.39, 0.29) is 17.3 Å². The van der Waals surface area contributed by atoms with Gasteiger partial charge in [-0.05, 0) is 157 Å². The lowest BCUT2D eigenvalue weighted by Crippen LogP contribution is -2.40. The van der Waals surface area contributed by atoms with E-state index in [4.69, 9.17) is 0 Å². The average molecular weight is 899 g/mol. The van der Waals surface area contributed by atoms with Crippen molar-refractivity contribution in [1.82, 2.24) is 0 Å². The maximum atomic E-state index is 2.49. The summed E-state index contributed by atoms with van der Waals surface area (Å²) in [7, 11) is 0. The topological polar surface area (TPSA) is 0 Å². The fraction of sp³-hybridized carbons (Fsp3) is 0.171. The summed E-state index contributed by atoms with van der Waals surface area (Å²) in [6, 6.07) is 55.2. The molecule has 0 fully saturated rings. The Kier molecular flexibility index (Phi) is 10.8. The first-order valence-electron chi connectivity index (χ1n) is 25.8. The fourth-order valence-electron chi connectivity index (χ4n) is 13.2. The second-order valence-corrected chi connectivity index (χ2v) is 20.5. The summed E-state index contributed by atoms with van der Waals surface area (Å²) in [5, 5.41) is 2.75. The van der Waals surface area contributed by atoms with Crippen molar-refractivity contribution in [2.75, 3.05) is 0 Å². The van der Waals surface area contributed by atoms with Crippen LogP contribution in [0, 0.1) is 24.7 Å². The number of hydrogen-bond donors (Lipinski definition) is 0. The van der Waals surface area contributed by atoms with Gasteiger partial charge in [0, 0.05) is 11.8 Å². The van der Waals surface area contributed by atoms with Gasteiger partial charge >= 0.3 is 0 Å². The van der Waals surface area contributed by atoms with Crippen LogP contribution >= 0.6 is 0 Å². The molecule has 338 valence electrons. The van der Waals surface area contributed by atoms with Crippen LogP contribution in [-0.4, -0.2) is 0 Å². The van der Waals surface area contributed by atoms with Crippen molar-refractivity contribution >= 4 is 28.9 Å². The van der Waals surface area contributed by atoms with E-state index in [1.165, 1.54) is 123 Å². The molecule has 0 N–H and O–H groups in total. The number of allylic oxidation sites excluding steroid dienone is 18. The van der Waals surface area contributed by atoms with Crippen molar-refractivity contribution in [2.24, 2.45) is 17.8 Å². The number of rotatable bonds is 8. The highest BCUT2D eigenvalue weighted by Crippen LogP contribution is 2.58. The van der Waals surface area contributed by atoms with Crippen LogP contribution in [-0.2, 0) is 5.41 Å². The summed E-state index contributed by atoms with van der Waals surface area (Å²) in [6.45, 7) is 2.19. The molecule has 0 aromatic heterocycles.